The Hall–Kier alpha value is -1.98. The van der Waals surface area contributed by atoms with E-state index in [4.69, 9.17) is 4.74 Å². The second kappa shape index (κ2) is 7.45. The average Bonchev–Trinajstić information content (AvgIpc) is 2.76. The standard InChI is InChI=1S/C17H27N5O5S/c1-11-14(12(2)21(3)20-11)16(24)18-13-9-22(28(4,25)26)10-17(19-15(13)23)5-7-27-8-6-17/h13H,5-10H2,1-4H3,(H,18,24)(H,19,23). The van der Waals surface area contributed by atoms with Gasteiger partial charge in [-0.3, -0.25) is 14.3 Å². The second-order valence-electron chi connectivity index (χ2n) is 7.63. The van der Waals surface area contributed by atoms with E-state index in [-0.39, 0.29) is 19.0 Å². The van der Waals surface area contributed by atoms with E-state index < -0.39 is 27.5 Å². The Morgan fingerprint density at radius 3 is 2.50 bits per heavy atom. The van der Waals surface area contributed by atoms with Crippen LogP contribution in [0, 0.1) is 13.8 Å². The van der Waals surface area contributed by atoms with Gasteiger partial charge >= 0.3 is 0 Å². The second-order valence-corrected chi connectivity index (χ2v) is 9.62. The summed E-state index contributed by atoms with van der Waals surface area (Å²) in [5.41, 5.74) is 0.932. The smallest absolute Gasteiger partial charge is 0.255 e. The molecule has 156 valence electrons. The molecule has 28 heavy (non-hydrogen) atoms. The van der Waals surface area contributed by atoms with Crippen molar-refractivity contribution in [3.05, 3.63) is 17.0 Å². The molecule has 2 N–H and O–H groups in total. The lowest BCUT2D eigenvalue weighted by Gasteiger charge is -2.38. The number of hydrogen-bond acceptors (Lipinski definition) is 6. The first-order valence-electron chi connectivity index (χ1n) is 9.18. The predicted octanol–water partition coefficient (Wildman–Crippen LogP) is -0.924. The Bertz CT molecular complexity index is 888. The summed E-state index contributed by atoms with van der Waals surface area (Å²) >= 11 is 0. The lowest BCUT2D eigenvalue weighted by molar-refractivity contribution is -0.125. The molecule has 1 aromatic rings. The summed E-state index contributed by atoms with van der Waals surface area (Å²) in [5, 5.41) is 9.90. The monoisotopic (exact) mass is 413 g/mol. The normalized spacial score (nSPS) is 23.3. The number of aromatic nitrogens is 2. The van der Waals surface area contributed by atoms with Crippen molar-refractivity contribution in [2.45, 2.75) is 38.3 Å². The van der Waals surface area contributed by atoms with Crippen LogP contribution in [0.15, 0.2) is 0 Å². The molecule has 2 aliphatic heterocycles. The van der Waals surface area contributed by atoms with Crippen LogP contribution < -0.4 is 10.6 Å². The fourth-order valence-electron chi connectivity index (χ4n) is 3.82. The van der Waals surface area contributed by atoms with Gasteiger partial charge in [0.2, 0.25) is 15.9 Å². The van der Waals surface area contributed by atoms with E-state index in [1.54, 1.807) is 25.6 Å². The number of carbonyl (C=O) groups is 2. The molecule has 0 radical (unpaired) electrons. The largest absolute Gasteiger partial charge is 0.381 e. The van der Waals surface area contributed by atoms with Gasteiger partial charge in [0.1, 0.15) is 6.04 Å². The summed E-state index contributed by atoms with van der Waals surface area (Å²) in [6.07, 6.45) is 2.16. The highest BCUT2D eigenvalue weighted by Crippen LogP contribution is 2.26. The molecule has 1 unspecified atom stereocenters. The van der Waals surface area contributed by atoms with Crippen LogP contribution in [0.3, 0.4) is 0 Å². The zero-order valence-electron chi connectivity index (χ0n) is 16.6. The van der Waals surface area contributed by atoms with E-state index >= 15 is 0 Å². The minimum absolute atomic E-state index is 0.114. The molecule has 11 heteroatoms. The molecule has 1 spiro atoms. The van der Waals surface area contributed by atoms with Gasteiger partial charge in [0.25, 0.3) is 5.91 Å². The number of ether oxygens (including phenoxy) is 1. The molecule has 2 saturated heterocycles. The number of nitrogens with one attached hydrogen (secondary N) is 2. The van der Waals surface area contributed by atoms with Gasteiger partial charge in [0, 0.05) is 39.0 Å². The fraction of sp³-hybridized carbons (Fsp3) is 0.706. The molecule has 0 aliphatic carbocycles. The van der Waals surface area contributed by atoms with Crippen LogP contribution in [-0.4, -0.2) is 78.5 Å². The number of hydrogen-bond donors (Lipinski definition) is 2. The van der Waals surface area contributed by atoms with E-state index in [1.165, 1.54) is 4.31 Å². The lowest BCUT2D eigenvalue weighted by atomic mass is 9.90. The van der Waals surface area contributed by atoms with Crippen molar-refractivity contribution in [1.82, 2.24) is 24.7 Å². The summed E-state index contributed by atoms with van der Waals surface area (Å²) < 4.78 is 32.9. The van der Waals surface area contributed by atoms with E-state index in [2.05, 4.69) is 15.7 Å². The zero-order chi connectivity index (χ0) is 20.7. The predicted molar refractivity (Wildman–Crippen MR) is 101 cm³/mol. The summed E-state index contributed by atoms with van der Waals surface area (Å²) in [6, 6.07) is -0.997. The van der Waals surface area contributed by atoms with Gasteiger partial charge in [-0.2, -0.15) is 9.40 Å². The van der Waals surface area contributed by atoms with Crippen molar-refractivity contribution in [3.8, 4) is 0 Å². The third-order valence-electron chi connectivity index (χ3n) is 5.53. The molecule has 1 atom stereocenters. The lowest BCUT2D eigenvalue weighted by Crippen LogP contribution is -2.58. The minimum atomic E-state index is -3.56. The number of carbonyl (C=O) groups excluding carboxylic acids is 2. The van der Waals surface area contributed by atoms with Crippen molar-refractivity contribution >= 4 is 21.8 Å². The summed E-state index contributed by atoms with van der Waals surface area (Å²) in [6.45, 7) is 4.43. The highest BCUT2D eigenvalue weighted by atomic mass is 32.2. The molecule has 3 heterocycles. The molecule has 2 aliphatic rings. The zero-order valence-corrected chi connectivity index (χ0v) is 17.4. The summed E-state index contributed by atoms with van der Waals surface area (Å²) in [4.78, 5) is 25.7. The summed E-state index contributed by atoms with van der Waals surface area (Å²) in [7, 11) is -1.83. The van der Waals surface area contributed by atoms with Crippen molar-refractivity contribution in [1.29, 1.82) is 0 Å². The van der Waals surface area contributed by atoms with Crippen LogP contribution in [0.1, 0.15) is 34.6 Å². The van der Waals surface area contributed by atoms with Crippen molar-refractivity contribution in [2.75, 3.05) is 32.6 Å². The molecule has 10 nitrogen and oxygen atoms in total. The molecule has 0 bridgehead atoms. The van der Waals surface area contributed by atoms with Gasteiger partial charge in [0.05, 0.1) is 23.1 Å². The van der Waals surface area contributed by atoms with Crippen LogP contribution in [0.4, 0.5) is 0 Å². The highest BCUT2D eigenvalue weighted by molar-refractivity contribution is 7.88. The Morgan fingerprint density at radius 1 is 1.32 bits per heavy atom. The number of sulfonamides is 1. The Labute approximate surface area is 164 Å². The maximum absolute atomic E-state index is 12.9. The van der Waals surface area contributed by atoms with Crippen LogP contribution in [-0.2, 0) is 26.6 Å². The van der Waals surface area contributed by atoms with Crippen LogP contribution in [0.25, 0.3) is 0 Å². The molecular formula is C17H27N5O5S. The Morgan fingerprint density at radius 2 is 1.96 bits per heavy atom. The van der Waals surface area contributed by atoms with Crippen molar-refractivity contribution in [3.63, 3.8) is 0 Å². The van der Waals surface area contributed by atoms with Crippen molar-refractivity contribution < 1.29 is 22.7 Å². The van der Waals surface area contributed by atoms with Gasteiger partial charge in [-0.25, -0.2) is 8.42 Å². The average molecular weight is 414 g/mol. The van der Waals surface area contributed by atoms with Crippen LogP contribution >= 0.6 is 0 Å². The molecule has 2 fully saturated rings. The highest BCUT2D eigenvalue weighted by Gasteiger charge is 2.44. The summed E-state index contributed by atoms with van der Waals surface area (Å²) in [5.74, 6) is -0.833. The third-order valence-corrected chi connectivity index (χ3v) is 6.75. The molecule has 1 aromatic heterocycles. The van der Waals surface area contributed by atoms with Gasteiger partial charge in [-0.1, -0.05) is 0 Å². The first-order valence-corrected chi connectivity index (χ1v) is 11.0. The van der Waals surface area contributed by atoms with Crippen LogP contribution in [0.2, 0.25) is 0 Å². The first kappa shape index (κ1) is 20.7. The number of amides is 2. The topological polar surface area (TPSA) is 123 Å². The fourth-order valence-corrected chi connectivity index (χ4v) is 4.72. The van der Waals surface area contributed by atoms with E-state index in [0.29, 0.717) is 43.0 Å². The number of rotatable bonds is 3. The van der Waals surface area contributed by atoms with Crippen molar-refractivity contribution in [2.24, 2.45) is 7.05 Å². The number of aryl methyl sites for hydroxylation is 2. The Kier molecular flexibility index (Phi) is 5.52. The molecule has 0 aromatic carbocycles. The molecule has 2 amide bonds. The molecular weight excluding hydrogens is 386 g/mol. The van der Waals surface area contributed by atoms with E-state index in [0.717, 1.165) is 6.26 Å². The van der Waals surface area contributed by atoms with E-state index in [1.807, 2.05) is 0 Å². The maximum atomic E-state index is 12.9. The van der Waals surface area contributed by atoms with E-state index in [9.17, 15) is 18.0 Å². The molecule has 0 saturated carbocycles. The van der Waals surface area contributed by atoms with Gasteiger partial charge in [-0.05, 0) is 26.7 Å². The minimum Gasteiger partial charge on any atom is -0.381 e. The third kappa shape index (κ3) is 4.06. The maximum Gasteiger partial charge on any atom is 0.255 e. The van der Waals surface area contributed by atoms with Gasteiger partial charge in [0.15, 0.2) is 0 Å². The Balaban J connectivity index is 1.87. The van der Waals surface area contributed by atoms with Gasteiger partial charge in [-0.15, -0.1) is 0 Å². The first-order chi connectivity index (χ1) is 13.0. The van der Waals surface area contributed by atoms with Gasteiger partial charge < -0.3 is 15.4 Å². The molecule has 3 rings (SSSR count). The quantitative estimate of drug-likeness (QED) is 0.661. The SMILES string of the molecule is Cc1nn(C)c(C)c1C(=O)NC1CN(S(C)(=O)=O)CC2(CCOCC2)NC1=O. The number of nitrogens with zero attached hydrogens (tertiary/aromatic N) is 3. The van der Waals surface area contributed by atoms with Crippen LogP contribution in [0.5, 0.6) is 0 Å².